The van der Waals surface area contributed by atoms with Crippen molar-refractivity contribution in [1.82, 2.24) is 0 Å². The average Bonchev–Trinajstić information content (AvgIpc) is 1.61. The molecule has 1 nitrogen and oxygen atoms in total. The third kappa shape index (κ3) is 2.13. The molecule has 0 saturated carbocycles. The fraction of sp³-hybridized carbons (Fsp3) is 1.00. The van der Waals surface area contributed by atoms with E-state index in [9.17, 15) is 17.6 Å². The van der Waals surface area contributed by atoms with Crippen molar-refractivity contribution in [3.63, 3.8) is 0 Å². The number of rotatable bonds is 3. The summed E-state index contributed by atoms with van der Waals surface area (Å²) in [6, 6.07) is 0. The van der Waals surface area contributed by atoms with E-state index >= 15 is 0 Å². The first-order chi connectivity index (χ1) is 4.31. The van der Waals surface area contributed by atoms with E-state index < -0.39 is 18.5 Å². The molecule has 0 N–H and O–H groups in total. The van der Waals surface area contributed by atoms with Crippen molar-refractivity contribution in [1.29, 1.82) is 0 Å². The highest BCUT2D eigenvalue weighted by atomic mass is 19.3. The number of methoxy groups -OCH3 is 1. The lowest BCUT2D eigenvalue weighted by atomic mass is 10.2. The van der Waals surface area contributed by atoms with Gasteiger partial charge in [-0.1, -0.05) is 0 Å². The smallest absolute Gasteiger partial charge is 0.332 e. The first-order valence-corrected chi connectivity index (χ1v) is 2.56. The van der Waals surface area contributed by atoms with Crippen LogP contribution in [-0.4, -0.2) is 25.6 Å². The zero-order valence-corrected chi connectivity index (χ0v) is 5.63. The molecule has 0 radical (unpaired) electrons. The molecule has 0 aliphatic heterocycles. The van der Waals surface area contributed by atoms with Gasteiger partial charge < -0.3 is 4.74 Å². The van der Waals surface area contributed by atoms with Gasteiger partial charge in [0.2, 0.25) is 0 Å². The van der Waals surface area contributed by atoms with Crippen LogP contribution in [0.3, 0.4) is 0 Å². The summed E-state index contributed by atoms with van der Waals surface area (Å²) in [6.07, 6.45) is 0. The van der Waals surface area contributed by atoms with Gasteiger partial charge in [-0.3, -0.25) is 0 Å². The predicted molar refractivity (Wildman–Crippen MR) is 27.4 cm³/mol. The molecule has 0 aromatic heterocycles. The van der Waals surface area contributed by atoms with E-state index in [2.05, 4.69) is 4.74 Å². The summed E-state index contributed by atoms with van der Waals surface area (Å²) in [6.45, 7) is -1.09. The summed E-state index contributed by atoms with van der Waals surface area (Å²) in [5, 5.41) is 0. The first-order valence-electron chi connectivity index (χ1n) is 2.56. The van der Waals surface area contributed by atoms with Crippen LogP contribution < -0.4 is 0 Å². The lowest BCUT2D eigenvalue weighted by Gasteiger charge is -2.21. The van der Waals surface area contributed by atoms with E-state index in [1.807, 2.05) is 0 Å². The Labute approximate surface area is 56.0 Å². The van der Waals surface area contributed by atoms with Crippen LogP contribution in [0.25, 0.3) is 0 Å². The third-order valence-corrected chi connectivity index (χ3v) is 0.968. The quantitative estimate of drug-likeness (QED) is 0.573. The highest BCUT2D eigenvalue weighted by Crippen LogP contribution is 2.33. The molecular formula is C5H8F4O. The van der Waals surface area contributed by atoms with Crippen LogP contribution in [0.15, 0.2) is 0 Å². The van der Waals surface area contributed by atoms with Gasteiger partial charge in [-0.25, -0.2) is 8.78 Å². The molecule has 0 unspecified atom stereocenters. The molecule has 0 heterocycles. The summed E-state index contributed by atoms with van der Waals surface area (Å²) in [5.41, 5.74) is 0. The second-order valence-electron chi connectivity index (χ2n) is 2.03. The lowest BCUT2D eigenvalue weighted by molar-refractivity contribution is -0.218. The van der Waals surface area contributed by atoms with E-state index in [4.69, 9.17) is 0 Å². The molecule has 0 bridgehead atoms. The minimum atomic E-state index is -4.07. The summed E-state index contributed by atoms with van der Waals surface area (Å²) >= 11 is 0. The van der Waals surface area contributed by atoms with Crippen molar-refractivity contribution in [2.75, 3.05) is 13.7 Å². The van der Waals surface area contributed by atoms with Crippen molar-refractivity contribution in [2.24, 2.45) is 0 Å². The molecule has 0 aromatic rings. The second kappa shape index (κ2) is 2.74. The van der Waals surface area contributed by atoms with E-state index in [0.29, 0.717) is 0 Å². The Balaban J connectivity index is 4.10. The van der Waals surface area contributed by atoms with Crippen LogP contribution in [0.4, 0.5) is 17.6 Å². The second-order valence-corrected chi connectivity index (χ2v) is 2.03. The van der Waals surface area contributed by atoms with Gasteiger partial charge in [0.1, 0.15) is 6.61 Å². The molecule has 0 aliphatic rings. The number of hydrogen-bond donors (Lipinski definition) is 0. The van der Waals surface area contributed by atoms with Gasteiger partial charge in [0, 0.05) is 14.0 Å². The van der Waals surface area contributed by atoms with Crippen LogP contribution in [-0.2, 0) is 4.74 Å². The summed E-state index contributed by atoms with van der Waals surface area (Å²) in [4.78, 5) is 0. The minimum absolute atomic E-state index is 0.159. The standard InChI is InChI=1S/C5H8F4O/c1-4(6,7)5(8,9)3-10-2/h3H2,1-2H3. The van der Waals surface area contributed by atoms with Crippen LogP contribution in [0.2, 0.25) is 0 Å². The SMILES string of the molecule is COCC(F)(F)C(C)(F)F. The number of halogens is 4. The summed E-state index contributed by atoms with van der Waals surface area (Å²) in [7, 11) is 0.944. The normalized spacial score (nSPS) is 13.8. The highest BCUT2D eigenvalue weighted by Gasteiger charge is 2.52. The average molecular weight is 160 g/mol. The van der Waals surface area contributed by atoms with E-state index in [-0.39, 0.29) is 6.92 Å². The van der Waals surface area contributed by atoms with Crippen molar-refractivity contribution < 1.29 is 22.3 Å². The van der Waals surface area contributed by atoms with Gasteiger partial charge in [0.25, 0.3) is 0 Å². The Morgan fingerprint density at radius 2 is 1.60 bits per heavy atom. The number of hydrogen-bond acceptors (Lipinski definition) is 1. The maximum atomic E-state index is 12.1. The summed E-state index contributed by atoms with van der Waals surface area (Å²) in [5.74, 6) is -8.08. The molecule has 0 aliphatic carbocycles. The predicted octanol–water partition coefficient (Wildman–Crippen LogP) is 1.92. The summed E-state index contributed by atoms with van der Waals surface area (Å²) < 4.78 is 51.7. The Kier molecular flexibility index (Phi) is 2.65. The van der Waals surface area contributed by atoms with Crippen LogP contribution in [0, 0.1) is 0 Å². The van der Waals surface area contributed by atoms with Crippen molar-refractivity contribution >= 4 is 0 Å². The first kappa shape index (κ1) is 9.68. The molecular weight excluding hydrogens is 152 g/mol. The molecule has 0 saturated heterocycles. The molecule has 5 heteroatoms. The van der Waals surface area contributed by atoms with Crippen LogP contribution >= 0.6 is 0 Å². The Morgan fingerprint density at radius 1 is 1.20 bits per heavy atom. The van der Waals surface area contributed by atoms with Gasteiger partial charge in [0.05, 0.1) is 0 Å². The van der Waals surface area contributed by atoms with Crippen molar-refractivity contribution in [3.8, 4) is 0 Å². The fourth-order valence-corrected chi connectivity index (χ4v) is 0.308. The molecule has 0 aromatic carbocycles. The van der Waals surface area contributed by atoms with Crippen LogP contribution in [0.5, 0.6) is 0 Å². The maximum absolute atomic E-state index is 12.1. The van der Waals surface area contributed by atoms with E-state index in [1.165, 1.54) is 0 Å². The number of alkyl halides is 4. The Morgan fingerprint density at radius 3 is 1.70 bits per heavy atom. The fourth-order valence-electron chi connectivity index (χ4n) is 0.308. The molecule has 0 amide bonds. The van der Waals surface area contributed by atoms with E-state index in [0.717, 1.165) is 7.11 Å². The molecule has 62 valence electrons. The molecule has 0 rings (SSSR count). The molecule has 0 spiro atoms. The topological polar surface area (TPSA) is 9.23 Å². The van der Waals surface area contributed by atoms with Crippen molar-refractivity contribution in [3.05, 3.63) is 0 Å². The number of ether oxygens (including phenoxy) is 1. The van der Waals surface area contributed by atoms with Gasteiger partial charge in [0.15, 0.2) is 0 Å². The van der Waals surface area contributed by atoms with Gasteiger partial charge in [-0.05, 0) is 0 Å². The zero-order valence-electron chi connectivity index (χ0n) is 5.63. The lowest BCUT2D eigenvalue weighted by Crippen LogP contribution is -2.41. The minimum Gasteiger partial charge on any atom is -0.378 e. The maximum Gasteiger partial charge on any atom is 0.332 e. The largest absolute Gasteiger partial charge is 0.378 e. The molecule has 0 atom stereocenters. The third-order valence-electron chi connectivity index (χ3n) is 0.968. The van der Waals surface area contributed by atoms with Crippen LogP contribution in [0.1, 0.15) is 6.92 Å². The van der Waals surface area contributed by atoms with Gasteiger partial charge in [-0.2, -0.15) is 8.78 Å². The zero-order chi connectivity index (χ0) is 8.41. The highest BCUT2D eigenvalue weighted by molar-refractivity contribution is 4.79. The monoisotopic (exact) mass is 160 g/mol. The van der Waals surface area contributed by atoms with E-state index in [1.54, 1.807) is 0 Å². The molecule has 0 fully saturated rings. The Bertz CT molecular complexity index is 107. The van der Waals surface area contributed by atoms with Crippen molar-refractivity contribution in [2.45, 2.75) is 18.8 Å². The Hall–Kier alpha value is -0.320. The van der Waals surface area contributed by atoms with Gasteiger partial charge >= 0.3 is 11.8 Å². The molecule has 10 heavy (non-hydrogen) atoms. The van der Waals surface area contributed by atoms with Gasteiger partial charge in [-0.15, -0.1) is 0 Å².